The Morgan fingerprint density at radius 2 is 2.40 bits per heavy atom. The second kappa shape index (κ2) is 3.71. The predicted octanol–water partition coefficient (Wildman–Crippen LogP) is 0.269. The molecule has 74 valence electrons. The van der Waals surface area contributed by atoms with Crippen molar-refractivity contribution >= 4 is 0 Å². The Labute approximate surface area is 85.0 Å². The van der Waals surface area contributed by atoms with E-state index in [9.17, 15) is 0 Å². The molecule has 0 saturated carbocycles. The number of aryl methyl sites for hydroxylation is 1. The van der Waals surface area contributed by atoms with E-state index < -0.39 is 0 Å². The van der Waals surface area contributed by atoms with Crippen LogP contribution in [0, 0.1) is 11.3 Å². The van der Waals surface area contributed by atoms with Gasteiger partial charge < -0.3 is 4.74 Å². The average Bonchev–Trinajstić information content (AvgIpc) is 2.65. The number of hydrogen-bond donors (Lipinski definition) is 0. The van der Waals surface area contributed by atoms with E-state index in [4.69, 9.17) is 10.00 Å². The molecular formula is C8H6N6O. The first-order valence-electron chi connectivity index (χ1n) is 4.05. The van der Waals surface area contributed by atoms with Gasteiger partial charge in [0.25, 0.3) is 5.88 Å². The molecule has 0 N–H and O–H groups in total. The zero-order chi connectivity index (χ0) is 10.7. The molecule has 0 radical (unpaired) electrons. The second-order valence-electron chi connectivity index (χ2n) is 2.66. The molecule has 0 spiro atoms. The minimum absolute atomic E-state index is 0.103. The molecule has 2 aromatic heterocycles. The molecule has 0 atom stereocenters. The summed E-state index contributed by atoms with van der Waals surface area (Å²) in [5.41, 5.74) is 0.289. The van der Waals surface area contributed by atoms with Gasteiger partial charge in [-0.2, -0.15) is 15.3 Å². The van der Waals surface area contributed by atoms with E-state index in [1.165, 1.54) is 23.3 Å². The fourth-order valence-electron chi connectivity index (χ4n) is 0.932. The molecule has 0 aliphatic carbocycles. The SMILES string of the molecule is Cn1cnc(Oc2nnccc2C#N)n1. The Morgan fingerprint density at radius 1 is 1.53 bits per heavy atom. The number of hydrogen-bond acceptors (Lipinski definition) is 6. The first-order chi connectivity index (χ1) is 7.29. The zero-order valence-electron chi connectivity index (χ0n) is 7.82. The molecule has 0 bridgehead atoms. The smallest absolute Gasteiger partial charge is 0.342 e. The lowest BCUT2D eigenvalue weighted by molar-refractivity contribution is 0.415. The molecule has 0 saturated heterocycles. The van der Waals surface area contributed by atoms with Gasteiger partial charge in [0.05, 0.1) is 6.20 Å². The maximum atomic E-state index is 8.76. The Hall–Kier alpha value is -2.49. The van der Waals surface area contributed by atoms with Crippen LogP contribution in [-0.4, -0.2) is 25.0 Å². The Morgan fingerprint density at radius 3 is 3.07 bits per heavy atom. The van der Waals surface area contributed by atoms with Gasteiger partial charge in [-0.1, -0.05) is 0 Å². The summed E-state index contributed by atoms with van der Waals surface area (Å²) >= 11 is 0. The first-order valence-corrected chi connectivity index (χ1v) is 4.05. The van der Waals surface area contributed by atoms with Crippen LogP contribution in [0.25, 0.3) is 0 Å². The number of ether oxygens (including phenoxy) is 1. The molecule has 2 rings (SSSR count). The van der Waals surface area contributed by atoms with Crippen LogP contribution in [0.4, 0.5) is 0 Å². The second-order valence-corrected chi connectivity index (χ2v) is 2.66. The summed E-state index contributed by atoms with van der Waals surface area (Å²) < 4.78 is 6.67. The molecule has 0 fully saturated rings. The quantitative estimate of drug-likeness (QED) is 0.694. The van der Waals surface area contributed by atoms with Gasteiger partial charge in [0.15, 0.2) is 0 Å². The maximum absolute atomic E-state index is 8.76. The van der Waals surface area contributed by atoms with Crippen LogP contribution >= 0.6 is 0 Å². The number of nitrogens with zero attached hydrogens (tertiary/aromatic N) is 6. The highest BCUT2D eigenvalue weighted by atomic mass is 16.5. The molecule has 0 aliphatic heterocycles. The van der Waals surface area contributed by atoms with Gasteiger partial charge in [-0.3, -0.25) is 4.68 Å². The summed E-state index contributed by atoms with van der Waals surface area (Å²) in [5.74, 6) is 0.103. The molecular weight excluding hydrogens is 196 g/mol. The first kappa shape index (κ1) is 9.08. The van der Waals surface area contributed by atoms with Crippen molar-refractivity contribution in [3.8, 4) is 18.0 Å². The maximum Gasteiger partial charge on any atom is 0.342 e. The van der Waals surface area contributed by atoms with E-state index in [1.807, 2.05) is 6.07 Å². The van der Waals surface area contributed by atoms with Crippen molar-refractivity contribution < 1.29 is 4.74 Å². The van der Waals surface area contributed by atoms with Crippen LogP contribution in [-0.2, 0) is 7.05 Å². The third kappa shape index (κ3) is 1.88. The molecule has 0 aromatic carbocycles. The molecule has 15 heavy (non-hydrogen) atoms. The third-order valence-electron chi connectivity index (χ3n) is 1.57. The summed E-state index contributed by atoms with van der Waals surface area (Å²) in [6.07, 6.45) is 2.90. The lowest BCUT2D eigenvalue weighted by Crippen LogP contribution is -1.95. The van der Waals surface area contributed by atoms with Crippen molar-refractivity contribution in [3.63, 3.8) is 0 Å². The summed E-state index contributed by atoms with van der Waals surface area (Å²) in [6, 6.07) is 3.57. The average molecular weight is 202 g/mol. The third-order valence-corrected chi connectivity index (χ3v) is 1.57. The van der Waals surface area contributed by atoms with Crippen LogP contribution in [0.2, 0.25) is 0 Å². The number of nitriles is 1. The normalized spacial score (nSPS) is 9.60. The van der Waals surface area contributed by atoms with Gasteiger partial charge in [-0.05, 0) is 6.07 Å². The zero-order valence-corrected chi connectivity index (χ0v) is 7.82. The van der Waals surface area contributed by atoms with Crippen LogP contribution in [0.1, 0.15) is 5.56 Å². The molecule has 7 heteroatoms. The van der Waals surface area contributed by atoms with Crippen LogP contribution in [0.3, 0.4) is 0 Å². The Balaban J connectivity index is 2.28. The summed E-state index contributed by atoms with van der Waals surface area (Å²) in [7, 11) is 1.71. The van der Waals surface area contributed by atoms with Crippen LogP contribution < -0.4 is 4.74 Å². The largest absolute Gasteiger partial charge is 0.401 e. The van der Waals surface area contributed by atoms with E-state index >= 15 is 0 Å². The van der Waals surface area contributed by atoms with Crippen molar-refractivity contribution in [2.75, 3.05) is 0 Å². The molecule has 0 unspecified atom stereocenters. The summed E-state index contributed by atoms with van der Waals surface area (Å²) in [4.78, 5) is 3.84. The fraction of sp³-hybridized carbons (Fsp3) is 0.125. The summed E-state index contributed by atoms with van der Waals surface area (Å²) in [6.45, 7) is 0. The molecule has 2 heterocycles. The predicted molar refractivity (Wildman–Crippen MR) is 47.8 cm³/mol. The fourth-order valence-corrected chi connectivity index (χ4v) is 0.932. The van der Waals surface area contributed by atoms with Gasteiger partial charge in [0, 0.05) is 7.05 Å². The number of aromatic nitrogens is 5. The number of rotatable bonds is 2. The van der Waals surface area contributed by atoms with E-state index in [-0.39, 0.29) is 17.5 Å². The van der Waals surface area contributed by atoms with E-state index in [0.29, 0.717) is 0 Å². The highest BCUT2D eigenvalue weighted by Crippen LogP contribution is 2.17. The minimum atomic E-state index is 0.103. The van der Waals surface area contributed by atoms with Crippen molar-refractivity contribution in [2.45, 2.75) is 0 Å². The van der Waals surface area contributed by atoms with Gasteiger partial charge in [0.2, 0.25) is 0 Å². The van der Waals surface area contributed by atoms with Crippen molar-refractivity contribution in [2.24, 2.45) is 7.05 Å². The highest BCUT2D eigenvalue weighted by Gasteiger charge is 2.08. The minimum Gasteiger partial charge on any atom is -0.401 e. The molecule has 2 aromatic rings. The van der Waals surface area contributed by atoms with Crippen LogP contribution in [0.5, 0.6) is 11.9 Å². The lowest BCUT2D eigenvalue weighted by Gasteiger charge is -1.98. The van der Waals surface area contributed by atoms with Crippen LogP contribution in [0.15, 0.2) is 18.6 Å². The summed E-state index contributed by atoms with van der Waals surface area (Å²) in [5, 5.41) is 19.9. The molecule has 7 nitrogen and oxygen atoms in total. The van der Waals surface area contributed by atoms with Gasteiger partial charge in [-0.15, -0.1) is 10.2 Å². The highest BCUT2D eigenvalue weighted by molar-refractivity contribution is 5.36. The van der Waals surface area contributed by atoms with E-state index in [2.05, 4.69) is 20.3 Å². The Bertz CT molecular complexity index is 514. The van der Waals surface area contributed by atoms with Crippen molar-refractivity contribution in [1.82, 2.24) is 25.0 Å². The van der Waals surface area contributed by atoms with Crippen molar-refractivity contribution in [3.05, 3.63) is 24.2 Å². The standard InChI is InChI=1S/C8H6N6O/c1-14-5-10-8(13-14)15-7-6(4-9)2-3-11-12-7/h2-3,5H,1H3. The van der Waals surface area contributed by atoms with Gasteiger partial charge in [-0.25, -0.2) is 0 Å². The van der Waals surface area contributed by atoms with E-state index in [0.717, 1.165) is 0 Å². The lowest BCUT2D eigenvalue weighted by atomic mass is 10.3. The van der Waals surface area contributed by atoms with Gasteiger partial charge >= 0.3 is 6.01 Å². The van der Waals surface area contributed by atoms with E-state index in [1.54, 1.807) is 7.05 Å². The monoisotopic (exact) mass is 202 g/mol. The van der Waals surface area contributed by atoms with Crippen molar-refractivity contribution in [1.29, 1.82) is 5.26 Å². The Kier molecular flexibility index (Phi) is 2.25. The topological polar surface area (TPSA) is 89.5 Å². The molecule has 0 amide bonds. The van der Waals surface area contributed by atoms with Gasteiger partial charge in [0.1, 0.15) is 18.0 Å². The molecule has 0 aliphatic rings.